The number of hydrogen-bond acceptors (Lipinski definition) is 2. The maximum atomic E-state index is 14.4. The Morgan fingerprint density at radius 3 is 2.60 bits per heavy atom. The summed E-state index contributed by atoms with van der Waals surface area (Å²) in [6, 6.07) is 9.03. The Morgan fingerprint density at radius 2 is 1.88 bits per heavy atom. The molecule has 0 amide bonds. The molecule has 0 atom stereocenters. The van der Waals surface area contributed by atoms with E-state index in [1.807, 2.05) is 0 Å². The van der Waals surface area contributed by atoms with Gasteiger partial charge in [0.2, 0.25) is 0 Å². The van der Waals surface area contributed by atoms with E-state index in [0.29, 0.717) is 22.0 Å². The van der Waals surface area contributed by atoms with Crippen molar-refractivity contribution < 1.29 is 17.6 Å². The molecule has 25 heavy (non-hydrogen) atoms. The summed E-state index contributed by atoms with van der Waals surface area (Å²) >= 11 is 0. The Kier molecular flexibility index (Phi) is 4.32. The smallest absolute Gasteiger partial charge is 0.268 e. The molecule has 7 heteroatoms. The number of fused-ring (bicyclic) bond motifs is 1. The van der Waals surface area contributed by atoms with Crippen molar-refractivity contribution in [3.05, 3.63) is 70.0 Å². The van der Waals surface area contributed by atoms with Crippen LogP contribution < -0.4 is 5.56 Å². The number of halogens is 4. The van der Waals surface area contributed by atoms with Gasteiger partial charge in [0.15, 0.2) is 0 Å². The topological polar surface area (TPSA) is 34.9 Å². The molecule has 3 aromatic rings. The van der Waals surface area contributed by atoms with E-state index in [4.69, 9.17) is 0 Å². The summed E-state index contributed by atoms with van der Waals surface area (Å²) in [4.78, 5) is 16.7. The second-order valence-corrected chi connectivity index (χ2v) is 5.78. The molecule has 2 aromatic carbocycles. The Balaban J connectivity index is 2.11. The first kappa shape index (κ1) is 17.1. The van der Waals surface area contributed by atoms with Crippen molar-refractivity contribution in [1.29, 1.82) is 0 Å². The first-order valence-corrected chi connectivity index (χ1v) is 7.59. The van der Waals surface area contributed by atoms with Gasteiger partial charge in [0.25, 0.3) is 5.56 Å². The SMILES string of the molecule is Cc1cc(F)c(-n2cnc3ccccc3c2=O)cc1CCC(F)(F)F. The van der Waals surface area contributed by atoms with Gasteiger partial charge in [-0.15, -0.1) is 0 Å². The van der Waals surface area contributed by atoms with Gasteiger partial charge >= 0.3 is 6.18 Å². The zero-order valence-corrected chi connectivity index (χ0v) is 13.3. The molecule has 130 valence electrons. The molecule has 1 heterocycles. The second-order valence-electron chi connectivity index (χ2n) is 5.78. The highest BCUT2D eigenvalue weighted by atomic mass is 19.4. The highest BCUT2D eigenvalue weighted by molar-refractivity contribution is 5.77. The van der Waals surface area contributed by atoms with Crippen LogP contribution in [0.4, 0.5) is 17.6 Å². The van der Waals surface area contributed by atoms with Crippen LogP contribution in [0.15, 0.2) is 47.5 Å². The average molecular weight is 350 g/mol. The molecule has 0 unspecified atom stereocenters. The minimum Gasteiger partial charge on any atom is -0.268 e. The van der Waals surface area contributed by atoms with Gasteiger partial charge in [-0.05, 0) is 48.7 Å². The third kappa shape index (κ3) is 3.55. The van der Waals surface area contributed by atoms with Crippen molar-refractivity contribution in [1.82, 2.24) is 9.55 Å². The van der Waals surface area contributed by atoms with E-state index in [1.165, 1.54) is 12.4 Å². The number of rotatable bonds is 3. The van der Waals surface area contributed by atoms with Gasteiger partial charge in [-0.1, -0.05) is 12.1 Å². The molecule has 0 aliphatic rings. The highest BCUT2D eigenvalue weighted by Gasteiger charge is 2.27. The van der Waals surface area contributed by atoms with Gasteiger partial charge < -0.3 is 0 Å². The fourth-order valence-corrected chi connectivity index (χ4v) is 2.68. The van der Waals surface area contributed by atoms with E-state index in [0.717, 1.165) is 10.6 Å². The molecule has 0 bridgehead atoms. The van der Waals surface area contributed by atoms with Crippen molar-refractivity contribution in [3.63, 3.8) is 0 Å². The lowest BCUT2D eigenvalue weighted by molar-refractivity contribution is -0.134. The quantitative estimate of drug-likeness (QED) is 0.659. The van der Waals surface area contributed by atoms with Crippen LogP contribution in [0, 0.1) is 12.7 Å². The lowest BCUT2D eigenvalue weighted by Crippen LogP contribution is -2.20. The predicted octanol–water partition coefficient (Wildman–Crippen LogP) is 4.33. The molecule has 0 aliphatic carbocycles. The standard InChI is InChI=1S/C18H14F4N2O/c1-11-8-14(19)16(9-12(11)6-7-18(20,21)22)24-10-23-15-5-3-2-4-13(15)17(24)25/h2-5,8-10H,6-7H2,1H3. The number of para-hydroxylation sites is 1. The molecular weight excluding hydrogens is 336 g/mol. The van der Waals surface area contributed by atoms with Gasteiger partial charge in [-0.3, -0.25) is 9.36 Å². The van der Waals surface area contributed by atoms with Gasteiger partial charge in [0, 0.05) is 6.42 Å². The molecule has 0 aliphatic heterocycles. The third-order valence-corrected chi connectivity index (χ3v) is 4.01. The van der Waals surface area contributed by atoms with Gasteiger partial charge in [0.05, 0.1) is 16.6 Å². The summed E-state index contributed by atoms with van der Waals surface area (Å²) in [6.07, 6.45) is -4.41. The lowest BCUT2D eigenvalue weighted by atomic mass is 10.0. The Hall–Kier alpha value is -2.70. The summed E-state index contributed by atoms with van der Waals surface area (Å²) in [6.45, 7) is 1.54. The third-order valence-electron chi connectivity index (χ3n) is 4.01. The fourth-order valence-electron chi connectivity index (χ4n) is 2.68. The number of aromatic nitrogens is 2. The first-order chi connectivity index (χ1) is 11.8. The molecule has 0 spiro atoms. The van der Waals surface area contributed by atoms with E-state index in [-0.39, 0.29) is 12.1 Å². The number of hydrogen-bond donors (Lipinski definition) is 0. The number of nitrogens with zero attached hydrogens (tertiary/aromatic N) is 2. The molecule has 0 N–H and O–H groups in total. The molecule has 0 radical (unpaired) electrons. The van der Waals surface area contributed by atoms with E-state index in [2.05, 4.69) is 4.98 Å². The van der Waals surface area contributed by atoms with Crippen LogP contribution in [0.1, 0.15) is 17.5 Å². The van der Waals surface area contributed by atoms with Crippen LogP contribution in [0.25, 0.3) is 16.6 Å². The Labute approximate surface area is 140 Å². The average Bonchev–Trinajstić information content (AvgIpc) is 2.54. The predicted molar refractivity (Wildman–Crippen MR) is 86.4 cm³/mol. The van der Waals surface area contributed by atoms with E-state index in [1.54, 1.807) is 31.2 Å². The highest BCUT2D eigenvalue weighted by Crippen LogP contribution is 2.25. The van der Waals surface area contributed by atoms with Gasteiger partial charge in [-0.2, -0.15) is 13.2 Å². The lowest BCUT2D eigenvalue weighted by Gasteiger charge is -2.13. The molecule has 3 nitrogen and oxygen atoms in total. The minimum absolute atomic E-state index is 0.106. The number of alkyl halides is 3. The van der Waals surface area contributed by atoms with Crippen LogP contribution >= 0.6 is 0 Å². The zero-order valence-electron chi connectivity index (χ0n) is 13.3. The molecule has 0 saturated carbocycles. The van der Waals surface area contributed by atoms with E-state index >= 15 is 0 Å². The maximum Gasteiger partial charge on any atom is 0.389 e. The van der Waals surface area contributed by atoms with Crippen molar-refractivity contribution in [2.24, 2.45) is 0 Å². The van der Waals surface area contributed by atoms with Gasteiger partial charge in [-0.25, -0.2) is 9.37 Å². The van der Waals surface area contributed by atoms with E-state index < -0.39 is 24.0 Å². The molecule has 1 aromatic heterocycles. The molecular formula is C18H14F4N2O. The first-order valence-electron chi connectivity index (χ1n) is 7.59. The fraction of sp³-hybridized carbons (Fsp3) is 0.222. The minimum atomic E-state index is -4.30. The van der Waals surface area contributed by atoms with Crippen molar-refractivity contribution in [3.8, 4) is 5.69 Å². The maximum absolute atomic E-state index is 14.4. The summed E-state index contributed by atoms with van der Waals surface area (Å²) in [5.41, 5.74) is 0.635. The van der Waals surface area contributed by atoms with Crippen LogP contribution in [-0.2, 0) is 6.42 Å². The van der Waals surface area contributed by atoms with Gasteiger partial charge in [0.1, 0.15) is 12.1 Å². The zero-order chi connectivity index (χ0) is 18.2. The Bertz CT molecular complexity index is 993. The van der Waals surface area contributed by atoms with Crippen molar-refractivity contribution in [2.75, 3.05) is 0 Å². The number of aryl methyl sites for hydroxylation is 2. The summed E-state index contributed by atoms with van der Waals surface area (Å²) in [7, 11) is 0. The number of benzene rings is 2. The summed E-state index contributed by atoms with van der Waals surface area (Å²) < 4.78 is 52.8. The van der Waals surface area contributed by atoms with Crippen LogP contribution in [-0.4, -0.2) is 15.7 Å². The van der Waals surface area contributed by atoms with Crippen LogP contribution in [0.2, 0.25) is 0 Å². The Morgan fingerprint density at radius 1 is 1.16 bits per heavy atom. The van der Waals surface area contributed by atoms with Crippen molar-refractivity contribution in [2.45, 2.75) is 25.9 Å². The normalized spacial score (nSPS) is 11.9. The van der Waals surface area contributed by atoms with Crippen LogP contribution in [0.3, 0.4) is 0 Å². The molecule has 3 rings (SSSR count). The second kappa shape index (κ2) is 6.31. The van der Waals surface area contributed by atoms with Crippen LogP contribution in [0.5, 0.6) is 0 Å². The molecule has 0 fully saturated rings. The summed E-state index contributed by atoms with van der Waals surface area (Å²) in [5.74, 6) is -0.688. The van der Waals surface area contributed by atoms with Crippen molar-refractivity contribution >= 4 is 10.9 Å². The molecule has 0 saturated heterocycles. The van der Waals surface area contributed by atoms with E-state index in [9.17, 15) is 22.4 Å². The monoisotopic (exact) mass is 350 g/mol. The largest absolute Gasteiger partial charge is 0.389 e. The summed E-state index contributed by atoms with van der Waals surface area (Å²) in [5, 5.41) is 0.307.